The molecule has 8 nitrogen and oxygen atoms in total. The SMILES string of the molecule is C=CCOC(=O)NCc1cccc(-c2cccc([C@H]3O[C@@H](CN(C)CCc4ccccn4)C[C@@H](c4ccc(CO)cc4)O3)c2)c1. The number of carbonyl (C=O) groups is 1. The molecule has 0 radical (unpaired) electrons. The second-order valence-corrected chi connectivity index (χ2v) is 11.2. The largest absolute Gasteiger partial charge is 0.445 e. The van der Waals surface area contributed by atoms with Crippen LogP contribution in [-0.4, -0.2) is 53.9 Å². The Hall–Kier alpha value is -4.34. The smallest absolute Gasteiger partial charge is 0.407 e. The van der Waals surface area contributed by atoms with Gasteiger partial charge in [-0.25, -0.2) is 4.79 Å². The fourth-order valence-corrected chi connectivity index (χ4v) is 5.41. The predicted octanol–water partition coefficient (Wildman–Crippen LogP) is 6.37. The van der Waals surface area contributed by atoms with Crippen LogP contribution in [-0.2, 0) is 33.8 Å². The van der Waals surface area contributed by atoms with Gasteiger partial charge in [-0.1, -0.05) is 79.4 Å². The maximum absolute atomic E-state index is 11.9. The Morgan fingerprint density at radius 1 is 1.00 bits per heavy atom. The van der Waals surface area contributed by atoms with Crippen molar-refractivity contribution in [2.75, 3.05) is 26.7 Å². The number of aliphatic hydroxyl groups excluding tert-OH is 1. The van der Waals surface area contributed by atoms with E-state index in [9.17, 15) is 9.90 Å². The first-order chi connectivity index (χ1) is 22.0. The maximum Gasteiger partial charge on any atom is 0.407 e. The minimum atomic E-state index is -0.556. The van der Waals surface area contributed by atoms with Crippen LogP contribution in [0.1, 0.15) is 46.8 Å². The average molecular weight is 608 g/mol. The van der Waals surface area contributed by atoms with E-state index in [-0.39, 0.29) is 25.4 Å². The van der Waals surface area contributed by atoms with Gasteiger partial charge < -0.3 is 29.5 Å². The molecule has 0 aliphatic carbocycles. The lowest BCUT2D eigenvalue weighted by Gasteiger charge is -2.38. The van der Waals surface area contributed by atoms with Crippen LogP contribution in [0.3, 0.4) is 0 Å². The van der Waals surface area contributed by atoms with Crippen LogP contribution in [0.25, 0.3) is 11.1 Å². The van der Waals surface area contributed by atoms with E-state index in [1.54, 1.807) is 0 Å². The number of nitrogens with zero attached hydrogens (tertiary/aromatic N) is 2. The molecule has 0 unspecified atom stereocenters. The van der Waals surface area contributed by atoms with Crippen molar-refractivity contribution in [3.05, 3.63) is 138 Å². The second kappa shape index (κ2) is 16.1. The molecule has 45 heavy (non-hydrogen) atoms. The lowest BCUT2D eigenvalue weighted by molar-refractivity contribution is -0.252. The van der Waals surface area contributed by atoms with Crippen molar-refractivity contribution in [1.29, 1.82) is 0 Å². The van der Waals surface area contributed by atoms with E-state index in [4.69, 9.17) is 14.2 Å². The molecule has 3 atom stereocenters. The second-order valence-electron chi connectivity index (χ2n) is 11.2. The molecular formula is C37H41N3O5. The van der Waals surface area contributed by atoms with Gasteiger partial charge in [-0.3, -0.25) is 4.98 Å². The highest BCUT2D eigenvalue weighted by atomic mass is 16.7. The number of carbonyl (C=O) groups excluding carboxylic acids is 1. The summed E-state index contributed by atoms with van der Waals surface area (Å²) in [4.78, 5) is 18.6. The first-order valence-corrected chi connectivity index (χ1v) is 15.3. The zero-order valence-electron chi connectivity index (χ0n) is 25.7. The van der Waals surface area contributed by atoms with E-state index in [0.717, 1.165) is 58.6 Å². The van der Waals surface area contributed by atoms with Gasteiger partial charge in [-0.15, -0.1) is 0 Å². The maximum atomic E-state index is 11.9. The third-order valence-corrected chi connectivity index (χ3v) is 7.79. The third kappa shape index (κ3) is 9.33. The molecule has 8 heteroatoms. The van der Waals surface area contributed by atoms with Gasteiger partial charge >= 0.3 is 6.09 Å². The van der Waals surface area contributed by atoms with E-state index < -0.39 is 12.4 Å². The Kier molecular flexibility index (Phi) is 11.5. The number of aromatic nitrogens is 1. The van der Waals surface area contributed by atoms with Gasteiger partial charge in [-0.05, 0) is 59.1 Å². The fraction of sp³-hybridized carbons (Fsp3) is 0.297. The summed E-state index contributed by atoms with van der Waals surface area (Å²) in [6.07, 6.45) is 3.69. The van der Waals surface area contributed by atoms with E-state index in [0.29, 0.717) is 13.0 Å². The minimum absolute atomic E-state index is 0.00465. The van der Waals surface area contributed by atoms with Crippen molar-refractivity contribution in [1.82, 2.24) is 15.2 Å². The van der Waals surface area contributed by atoms with E-state index in [1.165, 1.54) is 6.08 Å². The van der Waals surface area contributed by atoms with Crippen LogP contribution in [0.4, 0.5) is 4.79 Å². The molecule has 0 saturated carbocycles. The highest BCUT2D eigenvalue weighted by molar-refractivity contribution is 5.68. The van der Waals surface area contributed by atoms with Crippen LogP contribution in [0.15, 0.2) is 110 Å². The Morgan fingerprint density at radius 2 is 1.80 bits per heavy atom. The molecule has 1 fully saturated rings. The average Bonchev–Trinajstić information content (AvgIpc) is 3.09. The highest BCUT2D eigenvalue weighted by Gasteiger charge is 2.33. The number of likely N-dealkylation sites (N-methyl/N-ethyl adjacent to an activating group) is 1. The normalized spacial score (nSPS) is 18.0. The Bertz CT molecular complexity index is 1530. The van der Waals surface area contributed by atoms with Crippen LogP contribution >= 0.6 is 0 Å². The number of amides is 1. The van der Waals surface area contributed by atoms with Crippen molar-refractivity contribution >= 4 is 6.09 Å². The number of nitrogens with one attached hydrogen (secondary N) is 1. The molecule has 0 bridgehead atoms. The van der Waals surface area contributed by atoms with E-state index >= 15 is 0 Å². The zero-order valence-corrected chi connectivity index (χ0v) is 25.7. The van der Waals surface area contributed by atoms with Crippen molar-refractivity contribution in [3.8, 4) is 11.1 Å². The van der Waals surface area contributed by atoms with Gasteiger partial charge in [0, 0.05) is 49.9 Å². The standard InChI is InChI=1S/C37H41N3O5/c1-3-20-43-37(42)39-24-28-8-6-9-30(21-28)31-10-7-11-32(22-31)36-44-34(25-40(2)19-17-33-12-4-5-18-38-33)23-35(45-36)29-15-13-27(26-41)14-16-29/h3-16,18,21-22,34-36,41H,1,17,19-20,23-26H2,2H3,(H,39,42)/t34-,35+,36+/m1/s1. The molecule has 2 heterocycles. The molecule has 1 aromatic heterocycles. The summed E-state index contributed by atoms with van der Waals surface area (Å²) in [6, 6.07) is 30.2. The van der Waals surface area contributed by atoms with Crippen molar-refractivity contribution < 1.29 is 24.1 Å². The molecule has 1 amide bonds. The molecule has 0 spiro atoms. The van der Waals surface area contributed by atoms with Gasteiger partial charge in [0.05, 0.1) is 18.8 Å². The lowest BCUT2D eigenvalue weighted by Crippen LogP contribution is -2.38. The molecular weight excluding hydrogens is 566 g/mol. The van der Waals surface area contributed by atoms with Gasteiger partial charge in [0.1, 0.15) is 6.61 Å². The quantitative estimate of drug-likeness (QED) is 0.171. The number of benzene rings is 3. The molecule has 2 N–H and O–H groups in total. The highest BCUT2D eigenvalue weighted by Crippen LogP contribution is 2.39. The predicted molar refractivity (Wildman–Crippen MR) is 174 cm³/mol. The Labute approximate surface area is 265 Å². The lowest BCUT2D eigenvalue weighted by atomic mass is 9.98. The number of alkyl carbamates (subject to hydrolysis) is 1. The summed E-state index contributed by atoms with van der Waals surface area (Å²) < 4.78 is 18.2. The molecule has 234 valence electrons. The van der Waals surface area contributed by atoms with Crippen LogP contribution in [0.2, 0.25) is 0 Å². The summed E-state index contributed by atoms with van der Waals surface area (Å²) in [5.74, 6) is 0. The van der Waals surface area contributed by atoms with Gasteiger partial charge in [-0.2, -0.15) is 0 Å². The first kappa shape index (κ1) is 32.1. The topological polar surface area (TPSA) is 93.2 Å². The number of hydrogen-bond acceptors (Lipinski definition) is 7. The van der Waals surface area contributed by atoms with Gasteiger partial charge in [0.2, 0.25) is 0 Å². The summed E-state index contributed by atoms with van der Waals surface area (Å²) >= 11 is 0. The van der Waals surface area contributed by atoms with Crippen LogP contribution < -0.4 is 5.32 Å². The molecule has 3 aromatic carbocycles. The molecule has 5 rings (SSSR count). The summed E-state index contributed by atoms with van der Waals surface area (Å²) in [5.41, 5.74) is 6.93. The molecule has 1 aliphatic heterocycles. The summed E-state index contributed by atoms with van der Waals surface area (Å²) in [6.45, 7) is 5.70. The summed E-state index contributed by atoms with van der Waals surface area (Å²) in [5, 5.41) is 12.3. The monoisotopic (exact) mass is 607 g/mol. The number of hydrogen-bond donors (Lipinski definition) is 2. The Balaban J connectivity index is 1.31. The molecule has 1 aliphatic rings. The Morgan fingerprint density at radius 3 is 2.56 bits per heavy atom. The minimum Gasteiger partial charge on any atom is -0.445 e. The summed E-state index contributed by atoms with van der Waals surface area (Å²) in [7, 11) is 2.11. The zero-order chi connectivity index (χ0) is 31.4. The van der Waals surface area contributed by atoms with Crippen molar-refractivity contribution in [2.24, 2.45) is 0 Å². The molecule has 1 saturated heterocycles. The fourth-order valence-electron chi connectivity index (χ4n) is 5.41. The number of pyridine rings is 1. The van der Waals surface area contributed by atoms with Gasteiger partial charge in [0.25, 0.3) is 0 Å². The number of rotatable bonds is 13. The number of aliphatic hydroxyl groups is 1. The van der Waals surface area contributed by atoms with Crippen molar-refractivity contribution in [3.63, 3.8) is 0 Å². The third-order valence-electron chi connectivity index (χ3n) is 7.79. The van der Waals surface area contributed by atoms with Crippen LogP contribution in [0.5, 0.6) is 0 Å². The van der Waals surface area contributed by atoms with Gasteiger partial charge in [0.15, 0.2) is 6.29 Å². The molecule has 4 aromatic rings. The number of ether oxygens (including phenoxy) is 3. The van der Waals surface area contributed by atoms with Crippen LogP contribution in [0, 0.1) is 0 Å². The van der Waals surface area contributed by atoms with E-state index in [1.807, 2.05) is 72.9 Å². The first-order valence-electron chi connectivity index (χ1n) is 15.3. The van der Waals surface area contributed by atoms with Crippen molar-refractivity contribution in [2.45, 2.75) is 44.5 Å². The van der Waals surface area contributed by atoms with E-state index in [2.05, 4.69) is 53.1 Å².